The van der Waals surface area contributed by atoms with Crippen LogP contribution in [0.25, 0.3) is 0 Å². The minimum absolute atomic E-state index is 0.00155. The number of ether oxygens (including phenoxy) is 1. The Kier molecular flexibility index (Phi) is 7.89. The van der Waals surface area contributed by atoms with Gasteiger partial charge in [-0.3, -0.25) is 9.59 Å². The minimum Gasteiger partial charge on any atom is -0.396 e. The van der Waals surface area contributed by atoms with Gasteiger partial charge in [-0.15, -0.1) is 11.8 Å². The number of benzene rings is 1. The summed E-state index contributed by atoms with van der Waals surface area (Å²) in [5, 5.41) is 8.95. The molecule has 1 heterocycles. The largest absolute Gasteiger partial charge is 0.396 e. The predicted molar refractivity (Wildman–Crippen MR) is 122 cm³/mol. The molecular formula is C20H23ClO8S3. The van der Waals surface area contributed by atoms with E-state index in [-0.39, 0.29) is 58.5 Å². The number of aliphatic hydroxyl groups is 1. The second-order valence-corrected chi connectivity index (χ2v) is 13.7. The topological polar surface area (TPSA) is 132 Å². The molecule has 1 N–H and O–H groups in total. The lowest BCUT2D eigenvalue weighted by molar-refractivity contribution is -0.115. The third-order valence-electron chi connectivity index (χ3n) is 5.40. The zero-order valence-electron chi connectivity index (χ0n) is 17.3. The maximum Gasteiger partial charge on any atom is 0.198 e. The summed E-state index contributed by atoms with van der Waals surface area (Å²) in [6.07, 6.45) is 0.957. The molecule has 0 fully saturated rings. The monoisotopic (exact) mass is 522 g/mol. The third-order valence-corrected chi connectivity index (χ3v) is 12.2. The van der Waals surface area contributed by atoms with Gasteiger partial charge in [-0.2, -0.15) is 0 Å². The number of thioether (sulfide) groups is 1. The first-order chi connectivity index (χ1) is 15.1. The molecule has 1 aromatic rings. The van der Waals surface area contributed by atoms with Gasteiger partial charge in [0.25, 0.3) is 0 Å². The first-order valence-corrected chi connectivity index (χ1v) is 14.5. The lowest BCUT2D eigenvalue weighted by Gasteiger charge is -2.18. The van der Waals surface area contributed by atoms with Crippen molar-refractivity contribution in [3.05, 3.63) is 38.8 Å². The summed E-state index contributed by atoms with van der Waals surface area (Å²) in [5.74, 6) is -1.08. The van der Waals surface area contributed by atoms with Crippen molar-refractivity contribution in [1.82, 2.24) is 0 Å². The van der Waals surface area contributed by atoms with Gasteiger partial charge >= 0.3 is 0 Å². The van der Waals surface area contributed by atoms with Crippen molar-refractivity contribution in [2.75, 3.05) is 31.8 Å². The van der Waals surface area contributed by atoms with Crippen LogP contribution in [0.15, 0.2) is 27.5 Å². The molecule has 0 aromatic heterocycles. The van der Waals surface area contributed by atoms with E-state index in [0.29, 0.717) is 23.5 Å². The number of rotatable bonds is 9. The first-order valence-electron chi connectivity index (χ1n) is 9.86. The lowest BCUT2D eigenvalue weighted by atomic mass is 9.91. The van der Waals surface area contributed by atoms with Crippen LogP contribution in [0.2, 0.25) is 5.02 Å². The number of halogens is 1. The molecule has 0 bridgehead atoms. The maximum absolute atomic E-state index is 13.3. The van der Waals surface area contributed by atoms with E-state index in [0.717, 1.165) is 0 Å². The van der Waals surface area contributed by atoms with Crippen LogP contribution >= 0.6 is 23.4 Å². The summed E-state index contributed by atoms with van der Waals surface area (Å²) in [6.45, 7) is -0.257. The molecule has 2 aliphatic rings. The zero-order valence-corrected chi connectivity index (χ0v) is 20.5. The molecule has 8 nitrogen and oxygen atoms in total. The van der Waals surface area contributed by atoms with Gasteiger partial charge in [-0.1, -0.05) is 11.6 Å². The molecule has 1 aliphatic carbocycles. The highest BCUT2D eigenvalue weighted by Gasteiger charge is 2.46. The molecule has 0 saturated carbocycles. The number of hydrogen-bond acceptors (Lipinski definition) is 9. The Balaban J connectivity index is 2.04. The average Bonchev–Trinajstić information content (AvgIpc) is 3.03. The van der Waals surface area contributed by atoms with Crippen molar-refractivity contribution in [3.8, 4) is 0 Å². The summed E-state index contributed by atoms with van der Waals surface area (Å²) in [4.78, 5) is 26.1. The lowest BCUT2D eigenvalue weighted by Crippen LogP contribution is -2.31. The van der Waals surface area contributed by atoms with Crippen molar-refractivity contribution >= 4 is 54.6 Å². The molecule has 32 heavy (non-hydrogen) atoms. The van der Waals surface area contributed by atoms with Crippen LogP contribution in [0.1, 0.15) is 35.2 Å². The molecule has 12 heteroatoms. The van der Waals surface area contributed by atoms with Gasteiger partial charge in [0.1, 0.15) is 0 Å². The Labute approximate surface area is 196 Å². The number of aliphatic hydroxyl groups excluding tert-OH is 1. The normalized spacial score (nSPS) is 20.5. The van der Waals surface area contributed by atoms with Crippen LogP contribution in [0.4, 0.5) is 0 Å². The van der Waals surface area contributed by atoms with Crippen LogP contribution < -0.4 is 0 Å². The van der Waals surface area contributed by atoms with Crippen molar-refractivity contribution in [2.45, 2.75) is 35.2 Å². The molecule has 0 spiro atoms. The molecule has 0 radical (unpaired) electrons. The average molecular weight is 523 g/mol. The van der Waals surface area contributed by atoms with Gasteiger partial charge in [0.15, 0.2) is 35.8 Å². The SMILES string of the molecule is COCCS(=O)(=O)C1Cc2c(ccc(C(=O)C3=C(SCCO)CCCC3=O)c2Cl)S1(=O)=O. The van der Waals surface area contributed by atoms with Crippen molar-refractivity contribution < 1.29 is 36.3 Å². The predicted octanol–water partition coefficient (Wildman–Crippen LogP) is 1.97. The van der Waals surface area contributed by atoms with E-state index in [4.69, 9.17) is 21.4 Å². The second kappa shape index (κ2) is 9.94. The van der Waals surface area contributed by atoms with Crippen molar-refractivity contribution in [1.29, 1.82) is 0 Å². The van der Waals surface area contributed by atoms with Gasteiger partial charge in [-0.25, -0.2) is 16.8 Å². The Morgan fingerprint density at radius 1 is 1.31 bits per heavy atom. The molecule has 1 atom stereocenters. The highest BCUT2D eigenvalue weighted by molar-refractivity contribution is 8.09. The van der Waals surface area contributed by atoms with Crippen molar-refractivity contribution in [3.63, 3.8) is 0 Å². The van der Waals surface area contributed by atoms with Crippen LogP contribution in [-0.2, 0) is 35.6 Å². The number of carbonyl (C=O) groups excluding carboxylic acids is 2. The second-order valence-electron chi connectivity index (χ2n) is 7.42. The molecule has 0 amide bonds. The molecule has 1 aromatic carbocycles. The third kappa shape index (κ3) is 4.69. The Morgan fingerprint density at radius 2 is 2.03 bits per heavy atom. The fourth-order valence-electron chi connectivity index (χ4n) is 3.82. The summed E-state index contributed by atoms with van der Waals surface area (Å²) in [7, 11) is -6.93. The molecule has 176 valence electrons. The smallest absolute Gasteiger partial charge is 0.198 e. The molecule has 1 aliphatic heterocycles. The van der Waals surface area contributed by atoms with E-state index in [1.807, 2.05) is 0 Å². The maximum atomic E-state index is 13.3. The molecular weight excluding hydrogens is 500 g/mol. The van der Waals surface area contributed by atoms with E-state index in [9.17, 15) is 26.4 Å². The van der Waals surface area contributed by atoms with E-state index >= 15 is 0 Å². The van der Waals surface area contributed by atoms with Crippen LogP contribution in [0.3, 0.4) is 0 Å². The summed E-state index contributed by atoms with van der Waals surface area (Å²) in [5.41, 5.74) is 0.0292. The Bertz CT molecular complexity index is 1190. The number of methoxy groups -OCH3 is 1. The first kappa shape index (κ1) is 25.4. The minimum atomic E-state index is -4.21. The van der Waals surface area contributed by atoms with Gasteiger partial charge in [0.2, 0.25) is 0 Å². The van der Waals surface area contributed by atoms with Crippen LogP contribution in [0.5, 0.6) is 0 Å². The number of sulfone groups is 2. The number of carbonyl (C=O) groups is 2. The van der Waals surface area contributed by atoms with Crippen LogP contribution in [0, 0.1) is 0 Å². The number of hydrogen-bond donors (Lipinski definition) is 1. The van der Waals surface area contributed by atoms with E-state index < -0.39 is 35.8 Å². The Hall–Kier alpha value is -1.24. The van der Waals surface area contributed by atoms with Crippen LogP contribution in [-0.4, -0.2) is 69.9 Å². The van der Waals surface area contributed by atoms with Crippen molar-refractivity contribution in [2.24, 2.45) is 0 Å². The Morgan fingerprint density at radius 3 is 2.69 bits per heavy atom. The standard InChI is InChI=1S/C20H23ClO8S3/c1-29-8-10-31(25,26)17-11-13-16(32(17,27)28)6-5-12(19(13)21)20(24)18-14(23)3-2-4-15(18)30-9-7-22/h5-6,17,22H,2-4,7-11H2,1H3. The number of fused-ring (bicyclic) bond motifs is 1. The number of ketones is 2. The highest BCUT2D eigenvalue weighted by Crippen LogP contribution is 2.41. The fourth-order valence-corrected chi connectivity index (χ4v) is 9.86. The number of Topliss-reactive ketones (excluding diaryl/α,β-unsaturated/α-hetero) is 2. The number of allylic oxidation sites excluding steroid dienone is 2. The van der Waals surface area contributed by atoms with Gasteiger partial charge in [-0.05, 0) is 35.4 Å². The highest BCUT2D eigenvalue weighted by atomic mass is 35.5. The fraction of sp³-hybridized carbons (Fsp3) is 0.500. The van der Waals surface area contributed by atoms with Gasteiger partial charge in [0, 0.05) is 31.3 Å². The van der Waals surface area contributed by atoms with E-state index in [2.05, 4.69) is 0 Å². The van der Waals surface area contributed by atoms with E-state index in [1.165, 1.54) is 31.0 Å². The van der Waals surface area contributed by atoms with Gasteiger partial charge in [0.05, 0.1) is 34.5 Å². The summed E-state index contributed by atoms with van der Waals surface area (Å²) < 4.78 is 54.1. The summed E-state index contributed by atoms with van der Waals surface area (Å²) in [6, 6.07) is 2.42. The summed E-state index contributed by atoms with van der Waals surface area (Å²) >= 11 is 7.66. The quantitative estimate of drug-likeness (QED) is 0.381. The molecule has 3 rings (SSSR count). The molecule has 1 unspecified atom stereocenters. The van der Waals surface area contributed by atoms with E-state index in [1.54, 1.807) is 0 Å². The zero-order chi connectivity index (χ0) is 23.7. The molecule has 0 saturated heterocycles. The van der Waals surface area contributed by atoms with Gasteiger partial charge < -0.3 is 9.84 Å².